The molecule has 0 aliphatic rings. The number of nitriles is 1. The molecule has 4 heteroatoms. The van der Waals surface area contributed by atoms with Crippen molar-refractivity contribution >= 4 is 0 Å². The minimum atomic E-state index is -0.567. The minimum Gasteiger partial charge on any atom is -0.252 e. The Morgan fingerprint density at radius 3 is 2.38 bits per heavy atom. The average molecular weight is 216 g/mol. The smallest absolute Gasteiger partial charge is 0.142 e. The van der Waals surface area contributed by atoms with Crippen LogP contribution in [0.4, 0.5) is 8.78 Å². The van der Waals surface area contributed by atoms with E-state index in [0.717, 1.165) is 12.3 Å². The van der Waals surface area contributed by atoms with Crippen LogP contribution >= 0.6 is 0 Å². The molecule has 0 atom stereocenters. The summed E-state index contributed by atoms with van der Waals surface area (Å²) in [6.45, 7) is 0. The van der Waals surface area contributed by atoms with E-state index in [-0.39, 0.29) is 11.4 Å². The van der Waals surface area contributed by atoms with Gasteiger partial charge >= 0.3 is 0 Å². The molecule has 0 amide bonds. The first kappa shape index (κ1) is 10.2. The number of hydrogen-bond acceptors (Lipinski definition) is 2. The SMILES string of the molecule is N#Cc1cc(F)cnc1-c1ccc(F)cc1. The number of aromatic nitrogens is 1. The van der Waals surface area contributed by atoms with Crippen LogP contribution in [0.15, 0.2) is 36.5 Å². The Kier molecular flexibility index (Phi) is 2.61. The molecule has 0 saturated heterocycles. The van der Waals surface area contributed by atoms with E-state index in [9.17, 15) is 8.78 Å². The molecule has 2 nitrogen and oxygen atoms in total. The number of hydrogen-bond donors (Lipinski definition) is 0. The van der Waals surface area contributed by atoms with Crippen molar-refractivity contribution in [1.29, 1.82) is 5.26 Å². The topological polar surface area (TPSA) is 36.7 Å². The second-order valence-corrected chi connectivity index (χ2v) is 3.17. The van der Waals surface area contributed by atoms with E-state index in [1.165, 1.54) is 24.3 Å². The first-order valence-corrected chi connectivity index (χ1v) is 4.52. The van der Waals surface area contributed by atoms with Crippen LogP contribution in [-0.4, -0.2) is 4.98 Å². The van der Waals surface area contributed by atoms with Gasteiger partial charge in [-0.05, 0) is 30.3 Å². The van der Waals surface area contributed by atoms with Crippen molar-refractivity contribution in [3.8, 4) is 17.3 Å². The lowest BCUT2D eigenvalue weighted by molar-refractivity contribution is 0.621. The van der Waals surface area contributed by atoms with Gasteiger partial charge in [0.25, 0.3) is 0 Å². The van der Waals surface area contributed by atoms with Gasteiger partial charge in [-0.1, -0.05) is 0 Å². The van der Waals surface area contributed by atoms with Crippen LogP contribution < -0.4 is 0 Å². The van der Waals surface area contributed by atoms with Gasteiger partial charge in [0.2, 0.25) is 0 Å². The maximum Gasteiger partial charge on any atom is 0.142 e. The zero-order chi connectivity index (χ0) is 11.5. The summed E-state index contributed by atoms with van der Waals surface area (Å²) < 4.78 is 25.5. The Labute approximate surface area is 90.8 Å². The second-order valence-electron chi connectivity index (χ2n) is 3.17. The van der Waals surface area contributed by atoms with E-state index >= 15 is 0 Å². The summed E-state index contributed by atoms with van der Waals surface area (Å²) in [5.74, 6) is -0.938. The molecule has 78 valence electrons. The highest BCUT2D eigenvalue weighted by molar-refractivity contribution is 5.66. The lowest BCUT2D eigenvalue weighted by atomic mass is 10.1. The molecule has 1 heterocycles. The molecule has 0 saturated carbocycles. The molecule has 1 aromatic carbocycles. The third-order valence-electron chi connectivity index (χ3n) is 2.09. The fourth-order valence-electron chi connectivity index (χ4n) is 1.36. The molecule has 0 bridgehead atoms. The predicted molar refractivity (Wildman–Crippen MR) is 54.3 cm³/mol. The molecule has 0 unspecified atom stereocenters. The predicted octanol–water partition coefficient (Wildman–Crippen LogP) is 2.90. The van der Waals surface area contributed by atoms with Crippen molar-refractivity contribution in [2.24, 2.45) is 0 Å². The third-order valence-corrected chi connectivity index (χ3v) is 2.09. The van der Waals surface area contributed by atoms with Gasteiger partial charge in [0.15, 0.2) is 0 Å². The maximum atomic E-state index is 12.8. The molecule has 0 aliphatic heterocycles. The van der Waals surface area contributed by atoms with E-state index in [4.69, 9.17) is 5.26 Å². The Balaban J connectivity index is 2.56. The van der Waals surface area contributed by atoms with Gasteiger partial charge < -0.3 is 0 Å². The van der Waals surface area contributed by atoms with E-state index in [0.29, 0.717) is 11.3 Å². The highest BCUT2D eigenvalue weighted by Gasteiger charge is 2.07. The summed E-state index contributed by atoms with van der Waals surface area (Å²) >= 11 is 0. The van der Waals surface area contributed by atoms with Gasteiger partial charge in [-0.2, -0.15) is 5.26 Å². The molecular formula is C12H6F2N2. The summed E-state index contributed by atoms with van der Waals surface area (Å²) in [6.07, 6.45) is 1.03. The molecule has 0 fully saturated rings. The quantitative estimate of drug-likeness (QED) is 0.734. The van der Waals surface area contributed by atoms with Crippen molar-refractivity contribution in [3.05, 3.63) is 53.7 Å². The number of halogens is 2. The van der Waals surface area contributed by atoms with Crippen molar-refractivity contribution in [2.75, 3.05) is 0 Å². The van der Waals surface area contributed by atoms with Crippen LogP contribution in [0.5, 0.6) is 0 Å². The van der Waals surface area contributed by atoms with Crippen molar-refractivity contribution in [2.45, 2.75) is 0 Å². The first-order valence-electron chi connectivity index (χ1n) is 4.52. The molecule has 0 spiro atoms. The first-order chi connectivity index (χ1) is 7.70. The Hall–Kier alpha value is -2.28. The molecule has 16 heavy (non-hydrogen) atoms. The van der Waals surface area contributed by atoms with E-state index in [1.807, 2.05) is 6.07 Å². The second kappa shape index (κ2) is 4.07. The number of rotatable bonds is 1. The lowest BCUT2D eigenvalue weighted by Gasteiger charge is -2.02. The Bertz CT molecular complexity index is 556. The van der Waals surface area contributed by atoms with Gasteiger partial charge in [-0.3, -0.25) is 4.98 Å². The molecule has 0 radical (unpaired) electrons. The van der Waals surface area contributed by atoms with Gasteiger partial charge in [-0.15, -0.1) is 0 Å². The maximum absolute atomic E-state index is 12.8. The Morgan fingerprint density at radius 1 is 1.06 bits per heavy atom. The van der Waals surface area contributed by atoms with Crippen LogP contribution in [0.3, 0.4) is 0 Å². The molecular weight excluding hydrogens is 210 g/mol. The summed E-state index contributed by atoms with van der Waals surface area (Å²) in [4.78, 5) is 3.83. The van der Waals surface area contributed by atoms with Crippen LogP contribution in [0, 0.1) is 23.0 Å². The van der Waals surface area contributed by atoms with E-state index in [1.54, 1.807) is 0 Å². The normalized spacial score (nSPS) is 9.81. The number of pyridine rings is 1. The zero-order valence-corrected chi connectivity index (χ0v) is 8.11. The summed E-state index contributed by atoms with van der Waals surface area (Å²) in [6, 6.07) is 8.48. The molecule has 2 rings (SSSR count). The van der Waals surface area contributed by atoms with Gasteiger partial charge in [0, 0.05) is 5.56 Å². The van der Waals surface area contributed by atoms with Gasteiger partial charge in [-0.25, -0.2) is 8.78 Å². The van der Waals surface area contributed by atoms with Gasteiger partial charge in [0.05, 0.1) is 17.5 Å². The van der Waals surface area contributed by atoms with E-state index < -0.39 is 5.82 Å². The van der Waals surface area contributed by atoms with E-state index in [2.05, 4.69) is 4.98 Å². The summed E-state index contributed by atoms with van der Waals surface area (Å²) in [7, 11) is 0. The largest absolute Gasteiger partial charge is 0.252 e. The van der Waals surface area contributed by atoms with Crippen molar-refractivity contribution in [3.63, 3.8) is 0 Å². The monoisotopic (exact) mass is 216 g/mol. The average Bonchev–Trinajstić information content (AvgIpc) is 2.30. The number of nitrogens with zero attached hydrogens (tertiary/aromatic N) is 2. The summed E-state index contributed by atoms with van der Waals surface area (Å²) in [5, 5.41) is 8.83. The highest BCUT2D eigenvalue weighted by Crippen LogP contribution is 2.21. The lowest BCUT2D eigenvalue weighted by Crippen LogP contribution is -1.91. The fraction of sp³-hybridized carbons (Fsp3) is 0. The summed E-state index contributed by atoms with van der Waals surface area (Å²) in [5.41, 5.74) is 1.06. The Morgan fingerprint density at radius 2 is 1.75 bits per heavy atom. The minimum absolute atomic E-state index is 0.131. The molecule has 0 aliphatic carbocycles. The molecule has 0 N–H and O–H groups in total. The third kappa shape index (κ3) is 1.89. The van der Waals surface area contributed by atoms with Crippen LogP contribution in [0.2, 0.25) is 0 Å². The standard InChI is InChI=1S/C12H6F2N2/c13-10-3-1-8(2-4-10)12-9(6-15)5-11(14)7-16-12/h1-5,7H. The van der Waals surface area contributed by atoms with Crippen molar-refractivity contribution < 1.29 is 8.78 Å². The van der Waals surface area contributed by atoms with Crippen molar-refractivity contribution in [1.82, 2.24) is 4.98 Å². The van der Waals surface area contributed by atoms with Gasteiger partial charge in [0.1, 0.15) is 17.7 Å². The zero-order valence-electron chi connectivity index (χ0n) is 8.11. The van der Waals surface area contributed by atoms with Crippen LogP contribution in [0.1, 0.15) is 5.56 Å². The fourth-order valence-corrected chi connectivity index (χ4v) is 1.36. The van der Waals surface area contributed by atoms with Crippen LogP contribution in [-0.2, 0) is 0 Å². The number of benzene rings is 1. The molecule has 2 aromatic rings. The van der Waals surface area contributed by atoms with Crippen LogP contribution in [0.25, 0.3) is 11.3 Å². The highest BCUT2D eigenvalue weighted by atomic mass is 19.1. The molecule has 1 aromatic heterocycles.